The molecule has 3 nitrogen and oxygen atoms in total. The molecule has 0 aromatic carbocycles. The van der Waals surface area contributed by atoms with Gasteiger partial charge in [0, 0.05) is 6.20 Å². The Balaban J connectivity index is 2.64. The molecule has 2 aromatic rings. The van der Waals surface area contributed by atoms with Crippen LogP contribution in [0.5, 0.6) is 0 Å². The van der Waals surface area contributed by atoms with Crippen LogP contribution in [0, 0.1) is 0 Å². The molecule has 0 aliphatic carbocycles. The van der Waals surface area contributed by atoms with Crippen LogP contribution in [-0.2, 0) is 0 Å². The van der Waals surface area contributed by atoms with Crippen LogP contribution in [0.15, 0.2) is 30.0 Å². The Morgan fingerprint density at radius 3 is 3.13 bits per heavy atom. The van der Waals surface area contributed by atoms with Crippen LogP contribution in [0.2, 0.25) is 5.15 Å². The Bertz CT molecular complexity index is 516. The molecule has 0 spiro atoms. The minimum absolute atomic E-state index is 0.0242. The Hall–Kier alpha value is -1.32. The van der Waals surface area contributed by atoms with Gasteiger partial charge in [0.25, 0.3) is 0 Å². The average molecular weight is 223 g/mol. The topological polar surface area (TPSA) is 37.5 Å². The fraction of sp³-hybridized carbons (Fsp3) is 0.182. The molecule has 4 heteroatoms. The lowest BCUT2D eigenvalue weighted by Crippen LogP contribution is -1.89. The molecule has 78 valence electrons. The number of fused-ring (bicyclic) bond motifs is 1. The molecule has 15 heavy (non-hydrogen) atoms. The number of aliphatic hydroxyl groups excluding tert-OH is 1. The summed E-state index contributed by atoms with van der Waals surface area (Å²) in [6.07, 6.45) is 3.73. The van der Waals surface area contributed by atoms with E-state index >= 15 is 0 Å². The summed E-state index contributed by atoms with van der Waals surface area (Å²) in [7, 11) is 0. The minimum Gasteiger partial charge on any atom is -0.392 e. The third-order valence-corrected chi connectivity index (χ3v) is 2.43. The van der Waals surface area contributed by atoms with Crippen molar-refractivity contribution in [3.63, 3.8) is 0 Å². The van der Waals surface area contributed by atoms with Crippen molar-refractivity contribution in [2.75, 3.05) is 6.61 Å². The van der Waals surface area contributed by atoms with Crippen LogP contribution in [0.4, 0.5) is 0 Å². The normalized spacial score (nSPS) is 12.3. The number of hydrogen-bond acceptors (Lipinski definition) is 2. The molecular formula is C11H11ClN2O. The second-order valence-electron chi connectivity index (χ2n) is 3.37. The number of imidazole rings is 1. The first kappa shape index (κ1) is 10.2. The molecule has 1 N–H and O–H groups in total. The summed E-state index contributed by atoms with van der Waals surface area (Å²) in [6, 6.07) is 5.71. The van der Waals surface area contributed by atoms with Crippen LogP contribution < -0.4 is 0 Å². The van der Waals surface area contributed by atoms with Gasteiger partial charge >= 0.3 is 0 Å². The maximum Gasteiger partial charge on any atom is 0.155 e. The summed E-state index contributed by atoms with van der Waals surface area (Å²) < 4.78 is 1.89. The van der Waals surface area contributed by atoms with Crippen molar-refractivity contribution in [3.05, 3.63) is 40.8 Å². The lowest BCUT2D eigenvalue weighted by Gasteiger charge is -1.98. The molecule has 0 amide bonds. The van der Waals surface area contributed by atoms with E-state index in [1.807, 2.05) is 41.8 Å². The lowest BCUT2D eigenvalue weighted by atomic mass is 10.2. The van der Waals surface area contributed by atoms with Crippen molar-refractivity contribution in [2.24, 2.45) is 0 Å². The van der Waals surface area contributed by atoms with Crippen LogP contribution >= 0.6 is 11.6 Å². The zero-order chi connectivity index (χ0) is 10.8. The zero-order valence-electron chi connectivity index (χ0n) is 8.31. The number of nitrogens with zero attached hydrogens (tertiary/aromatic N) is 2. The second kappa shape index (κ2) is 4.04. The molecular weight excluding hydrogens is 212 g/mol. The van der Waals surface area contributed by atoms with Gasteiger partial charge in [-0.2, -0.15) is 0 Å². The van der Waals surface area contributed by atoms with Gasteiger partial charge in [-0.15, -0.1) is 0 Å². The molecule has 0 atom stereocenters. The highest BCUT2D eigenvalue weighted by Crippen LogP contribution is 2.19. The van der Waals surface area contributed by atoms with Gasteiger partial charge in [-0.3, -0.25) is 4.40 Å². The number of hydrogen-bond donors (Lipinski definition) is 1. The summed E-state index contributed by atoms with van der Waals surface area (Å²) >= 11 is 6.01. The smallest absolute Gasteiger partial charge is 0.155 e. The van der Waals surface area contributed by atoms with E-state index in [-0.39, 0.29) is 6.61 Å². The van der Waals surface area contributed by atoms with E-state index in [1.54, 1.807) is 0 Å². The zero-order valence-corrected chi connectivity index (χ0v) is 9.07. The van der Waals surface area contributed by atoms with E-state index in [1.165, 1.54) is 0 Å². The predicted molar refractivity (Wildman–Crippen MR) is 60.9 cm³/mol. The van der Waals surface area contributed by atoms with E-state index in [2.05, 4.69) is 4.98 Å². The molecule has 0 fully saturated rings. The van der Waals surface area contributed by atoms with Gasteiger partial charge in [0.2, 0.25) is 0 Å². The number of aliphatic hydroxyl groups is 1. The Morgan fingerprint density at radius 2 is 2.40 bits per heavy atom. The quantitative estimate of drug-likeness (QED) is 0.847. The molecule has 0 saturated carbocycles. The maximum atomic E-state index is 8.96. The fourth-order valence-electron chi connectivity index (χ4n) is 1.39. The maximum absolute atomic E-state index is 8.96. The summed E-state index contributed by atoms with van der Waals surface area (Å²) in [5.41, 5.74) is 2.46. The van der Waals surface area contributed by atoms with Gasteiger partial charge < -0.3 is 5.11 Å². The highest BCUT2D eigenvalue weighted by molar-refractivity contribution is 6.31. The van der Waals surface area contributed by atoms with Crippen LogP contribution in [0.1, 0.15) is 12.6 Å². The van der Waals surface area contributed by atoms with Crippen molar-refractivity contribution in [1.29, 1.82) is 0 Å². The van der Waals surface area contributed by atoms with Crippen molar-refractivity contribution in [1.82, 2.24) is 9.38 Å². The number of aromatic nitrogens is 2. The molecule has 0 bridgehead atoms. The summed E-state index contributed by atoms with van der Waals surface area (Å²) in [5.74, 6) is 0. The minimum atomic E-state index is 0.0242. The molecule has 0 aliphatic rings. The van der Waals surface area contributed by atoms with Gasteiger partial charge in [0.1, 0.15) is 5.65 Å². The van der Waals surface area contributed by atoms with Crippen molar-refractivity contribution in [2.45, 2.75) is 6.92 Å². The number of rotatable bonds is 2. The molecule has 2 heterocycles. The molecule has 0 radical (unpaired) electrons. The van der Waals surface area contributed by atoms with Crippen LogP contribution in [0.3, 0.4) is 0 Å². The van der Waals surface area contributed by atoms with Gasteiger partial charge in [0.05, 0.1) is 12.3 Å². The first-order chi connectivity index (χ1) is 7.22. The van der Waals surface area contributed by atoms with Gasteiger partial charge in [-0.05, 0) is 30.7 Å². The first-order valence-corrected chi connectivity index (χ1v) is 5.01. The summed E-state index contributed by atoms with van der Waals surface area (Å²) in [6.45, 7) is 1.87. The van der Waals surface area contributed by atoms with E-state index in [0.29, 0.717) is 5.15 Å². The lowest BCUT2D eigenvalue weighted by molar-refractivity contribution is 0.332. The second-order valence-corrected chi connectivity index (χ2v) is 3.72. The Kier molecular flexibility index (Phi) is 2.75. The van der Waals surface area contributed by atoms with E-state index in [9.17, 15) is 0 Å². The van der Waals surface area contributed by atoms with Crippen molar-refractivity contribution in [3.8, 4) is 0 Å². The first-order valence-electron chi connectivity index (χ1n) is 4.63. The van der Waals surface area contributed by atoms with Gasteiger partial charge in [-0.1, -0.05) is 17.7 Å². The highest BCUT2D eigenvalue weighted by Gasteiger charge is 2.06. The Labute approximate surface area is 92.6 Å². The van der Waals surface area contributed by atoms with Gasteiger partial charge in [-0.25, -0.2) is 4.98 Å². The third kappa shape index (κ3) is 1.89. The van der Waals surface area contributed by atoms with Gasteiger partial charge in [0.15, 0.2) is 5.15 Å². The predicted octanol–water partition coefficient (Wildman–Crippen LogP) is 2.38. The Morgan fingerprint density at radius 1 is 1.60 bits per heavy atom. The van der Waals surface area contributed by atoms with Crippen LogP contribution in [-0.4, -0.2) is 21.1 Å². The molecule has 0 saturated heterocycles. The van der Waals surface area contributed by atoms with Crippen LogP contribution in [0.25, 0.3) is 11.7 Å². The standard InChI is InChI=1S/C11H11ClN2O/c1-8(7-15)6-9-11(12)13-10-4-2-3-5-14(9)10/h2-6,15H,7H2,1H3. The number of halogens is 1. The SMILES string of the molecule is CC(=Cc1c(Cl)nc2ccccn12)CO. The molecule has 0 unspecified atom stereocenters. The highest BCUT2D eigenvalue weighted by atomic mass is 35.5. The van der Waals surface area contributed by atoms with E-state index in [4.69, 9.17) is 16.7 Å². The van der Waals surface area contributed by atoms with E-state index in [0.717, 1.165) is 16.9 Å². The fourth-order valence-corrected chi connectivity index (χ4v) is 1.63. The molecule has 2 aromatic heterocycles. The van der Waals surface area contributed by atoms with E-state index < -0.39 is 0 Å². The summed E-state index contributed by atoms with van der Waals surface area (Å²) in [4.78, 5) is 4.20. The largest absolute Gasteiger partial charge is 0.392 e. The third-order valence-electron chi connectivity index (χ3n) is 2.15. The van der Waals surface area contributed by atoms with Crippen molar-refractivity contribution >= 4 is 23.3 Å². The summed E-state index contributed by atoms with van der Waals surface area (Å²) in [5, 5.41) is 9.41. The number of pyridine rings is 1. The monoisotopic (exact) mass is 222 g/mol. The van der Waals surface area contributed by atoms with Crippen molar-refractivity contribution < 1.29 is 5.11 Å². The average Bonchev–Trinajstić information content (AvgIpc) is 2.55. The molecule has 2 rings (SSSR count). The molecule has 0 aliphatic heterocycles.